The smallest absolute Gasteiger partial charge is 0.247 e. The molecule has 7 nitrogen and oxygen atoms in total. The Bertz CT molecular complexity index is 908. The second-order valence-corrected chi connectivity index (χ2v) is 8.89. The quantitative estimate of drug-likeness (QED) is 0.370. The molecule has 0 N–H and O–H groups in total. The summed E-state index contributed by atoms with van der Waals surface area (Å²) in [5, 5.41) is 18.2. The summed E-state index contributed by atoms with van der Waals surface area (Å²) in [6, 6.07) is 8.07. The summed E-state index contributed by atoms with van der Waals surface area (Å²) in [6.07, 6.45) is 3.21. The van der Waals surface area contributed by atoms with Gasteiger partial charge < -0.3 is 8.98 Å². The van der Waals surface area contributed by atoms with Crippen LogP contribution in [0, 0.1) is 0 Å². The lowest BCUT2D eigenvalue weighted by molar-refractivity contribution is 0.270. The summed E-state index contributed by atoms with van der Waals surface area (Å²) >= 11 is 5.03. The third-order valence-electron chi connectivity index (χ3n) is 4.67. The summed E-state index contributed by atoms with van der Waals surface area (Å²) < 4.78 is 9.10. The van der Waals surface area contributed by atoms with Gasteiger partial charge in [-0.1, -0.05) is 48.0 Å². The molecule has 0 fully saturated rings. The zero-order chi connectivity index (χ0) is 20.8. The molecule has 1 aromatic carbocycles. The van der Waals surface area contributed by atoms with Crippen LogP contribution in [0.3, 0.4) is 0 Å². The maximum atomic E-state index is 5.84. The summed E-state index contributed by atoms with van der Waals surface area (Å²) in [4.78, 5) is 2.20. The van der Waals surface area contributed by atoms with Crippen LogP contribution in [-0.4, -0.2) is 44.0 Å². The first-order chi connectivity index (χ1) is 14.0. The fourth-order valence-electron chi connectivity index (χ4n) is 3.11. The predicted molar refractivity (Wildman–Crippen MR) is 119 cm³/mol. The number of aromatic nitrogens is 5. The number of halogens is 1. The highest BCUT2D eigenvalue weighted by atomic mass is 79.9. The molecular weight excluding hydrogens is 452 g/mol. The van der Waals surface area contributed by atoms with Crippen molar-refractivity contribution in [2.24, 2.45) is 0 Å². The van der Waals surface area contributed by atoms with Crippen LogP contribution in [0.5, 0.6) is 0 Å². The summed E-state index contributed by atoms with van der Waals surface area (Å²) in [6.45, 7) is 5.29. The van der Waals surface area contributed by atoms with Crippen LogP contribution in [0.1, 0.15) is 50.9 Å². The number of thioether (sulfide) groups is 1. The average molecular weight is 479 g/mol. The molecule has 0 aliphatic carbocycles. The minimum atomic E-state index is 0.251. The van der Waals surface area contributed by atoms with Crippen LogP contribution in [0.2, 0.25) is 0 Å². The highest BCUT2D eigenvalue weighted by Crippen LogP contribution is 2.28. The maximum Gasteiger partial charge on any atom is 0.247 e. The van der Waals surface area contributed by atoms with Crippen LogP contribution in [0.4, 0.5) is 0 Å². The molecule has 0 unspecified atom stereocenters. The number of benzene rings is 1. The summed E-state index contributed by atoms with van der Waals surface area (Å²) in [7, 11) is 4.17. The van der Waals surface area contributed by atoms with Crippen molar-refractivity contribution in [1.82, 2.24) is 29.9 Å². The van der Waals surface area contributed by atoms with E-state index in [0.29, 0.717) is 17.5 Å². The average Bonchev–Trinajstić information content (AvgIpc) is 3.33. The molecular formula is C20H27BrN6OS. The molecule has 0 aliphatic heterocycles. The number of unbranched alkanes of at least 4 members (excludes halogenated alkanes) is 1. The molecule has 156 valence electrons. The Hall–Kier alpha value is -1.71. The molecule has 3 rings (SSSR count). The van der Waals surface area contributed by atoms with Crippen molar-refractivity contribution in [3.63, 3.8) is 0 Å². The van der Waals surface area contributed by atoms with Gasteiger partial charge in [-0.05, 0) is 51.2 Å². The van der Waals surface area contributed by atoms with Gasteiger partial charge >= 0.3 is 0 Å². The fraction of sp³-hybridized carbons (Fsp3) is 0.500. The minimum absolute atomic E-state index is 0.251. The van der Waals surface area contributed by atoms with Crippen molar-refractivity contribution in [2.75, 3.05) is 14.1 Å². The van der Waals surface area contributed by atoms with Crippen molar-refractivity contribution < 1.29 is 4.42 Å². The topological polar surface area (TPSA) is 72.9 Å². The first-order valence-electron chi connectivity index (χ1n) is 9.84. The Morgan fingerprint density at radius 2 is 1.86 bits per heavy atom. The van der Waals surface area contributed by atoms with Gasteiger partial charge in [0.1, 0.15) is 0 Å². The summed E-state index contributed by atoms with van der Waals surface area (Å²) in [5.74, 6) is 2.69. The number of hydrogen-bond donors (Lipinski definition) is 0. The Balaban J connectivity index is 1.74. The standard InChI is InChI=1S/C20H27BrN6OS/c1-5-7-12-27-18(16(6-2)26(3)4)23-25-20(27)29-13-17-22-24-19(28-17)14-8-10-15(21)11-9-14/h8-11,16H,5-7,12-13H2,1-4H3/t16-/m1/s1. The molecule has 0 saturated carbocycles. The van der Waals surface area contributed by atoms with E-state index in [1.165, 1.54) is 0 Å². The zero-order valence-corrected chi connectivity index (χ0v) is 19.7. The van der Waals surface area contributed by atoms with E-state index in [0.717, 1.165) is 46.8 Å². The Morgan fingerprint density at radius 3 is 2.52 bits per heavy atom. The Morgan fingerprint density at radius 1 is 1.10 bits per heavy atom. The molecule has 0 saturated heterocycles. The van der Waals surface area contributed by atoms with E-state index in [4.69, 9.17) is 4.42 Å². The van der Waals surface area contributed by atoms with Gasteiger partial charge in [0.15, 0.2) is 11.0 Å². The lowest BCUT2D eigenvalue weighted by atomic mass is 10.2. The molecule has 1 atom stereocenters. The molecule has 2 aromatic heterocycles. The van der Waals surface area contributed by atoms with E-state index in [1.807, 2.05) is 24.3 Å². The molecule has 29 heavy (non-hydrogen) atoms. The van der Waals surface area contributed by atoms with E-state index in [2.05, 4.69) is 73.7 Å². The second kappa shape index (κ2) is 10.4. The predicted octanol–water partition coefficient (Wildman–Crippen LogP) is 5.20. The van der Waals surface area contributed by atoms with E-state index in [1.54, 1.807) is 11.8 Å². The normalized spacial score (nSPS) is 12.6. The van der Waals surface area contributed by atoms with Crippen LogP contribution in [-0.2, 0) is 12.3 Å². The monoisotopic (exact) mass is 478 g/mol. The van der Waals surface area contributed by atoms with Crippen molar-refractivity contribution in [1.29, 1.82) is 0 Å². The lowest BCUT2D eigenvalue weighted by Crippen LogP contribution is -2.23. The molecule has 0 aliphatic rings. The van der Waals surface area contributed by atoms with Gasteiger partial charge in [-0.25, -0.2) is 0 Å². The van der Waals surface area contributed by atoms with E-state index in [-0.39, 0.29) is 6.04 Å². The molecule has 0 spiro atoms. The maximum absolute atomic E-state index is 5.84. The molecule has 2 heterocycles. The zero-order valence-electron chi connectivity index (χ0n) is 17.3. The minimum Gasteiger partial charge on any atom is -0.420 e. The molecule has 9 heteroatoms. The van der Waals surface area contributed by atoms with Crippen molar-refractivity contribution in [3.8, 4) is 11.5 Å². The third kappa shape index (κ3) is 5.46. The van der Waals surface area contributed by atoms with Crippen LogP contribution in [0.15, 0.2) is 38.3 Å². The second-order valence-electron chi connectivity index (χ2n) is 7.03. The van der Waals surface area contributed by atoms with Gasteiger partial charge in [-0.3, -0.25) is 4.90 Å². The van der Waals surface area contributed by atoms with Gasteiger partial charge in [0.05, 0.1) is 11.8 Å². The highest BCUT2D eigenvalue weighted by Gasteiger charge is 2.22. The molecule has 0 amide bonds. The van der Waals surface area contributed by atoms with Gasteiger partial charge in [-0.15, -0.1) is 20.4 Å². The van der Waals surface area contributed by atoms with E-state index >= 15 is 0 Å². The number of hydrogen-bond acceptors (Lipinski definition) is 7. The molecule has 3 aromatic rings. The van der Waals surface area contributed by atoms with Gasteiger partial charge in [0.25, 0.3) is 0 Å². The van der Waals surface area contributed by atoms with Gasteiger partial charge in [-0.2, -0.15) is 0 Å². The van der Waals surface area contributed by atoms with E-state index in [9.17, 15) is 0 Å². The first kappa shape index (κ1) is 22.0. The first-order valence-corrected chi connectivity index (χ1v) is 11.6. The fourth-order valence-corrected chi connectivity index (χ4v) is 4.18. The number of rotatable bonds is 10. The van der Waals surface area contributed by atoms with Gasteiger partial charge in [0, 0.05) is 16.6 Å². The van der Waals surface area contributed by atoms with Crippen molar-refractivity contribution >= 4 is 27.7 Å². The van der Waals surface area contributed by atoms with Crippen molar-refractivity contribution in [2.45, 2.75) is 56.6 Å². The third-order valence-corrected chi connectivity index (χ3v) is 6.15. The lowest BCUT2D eigenvalue weighted by Gasteiger charge is -2.23. The Labute approximate surface area is 184 Å². The van der Waals surface area contributed by atoms with E-state index < -0.39 is 0 Å². The van der Waals surface area contributed by atoms with Crippen LogP contribution >= 0.6 is 27.7 Å². The molecule has 0 bridgehead atoms. The van der Waals surface area contributed by atoms with Crippen LogP contribution < -0.4 is 0 Å². The molecule has 0 radical (unpaired) electrons. The summed E-state index contributed by atoms with van der Waals surface area (Å²) in [5.41, 5.74) is 0.905. The number of nitrogens with zero attached hydrogens (tertiary/aromatic N) is 6. The highest BCUT2D eigenvalue weighted by molar-refractivity contribution is 9.10. The van der Waals surface area contributed by atoms with Crippen molar-refractivity contribution in [3.05, 3.63) is 40.5 Å². The van der Waals surface area contributed by atoms with Crippen LogP contribution in [0.25, 0.3) is 11.5 Å². The van der Waals surface area contributed by atoms with Gasteiger partial charge in [0.2, 0.25) is 11.8 Å². The largest absolute Gasteiger partial charge is 0.420 e. The Kier molecular flexibility index (Phi) is 7.85. The SMILES string of the molecule is CCCCn1c(SCc2nnc(-c3ccc(Br)cc3)o2)nnc1[C@@H](CC)N(C)C.